The first-order valence-corrected chi connectivity index (χ1v) is 4.59. The first-order chi connectivity index (χ1) is 7.26. The third kappa shape index (κ3) is 1.58. The summed E-state index contributed by atoms with van der Waals surface area (Å²) >= 11 is 0. The molecule has 0 atom stereocenters. The van der Waals surface area contributed by atoms with Crippen LogP contribution in [0.3, 0.4) is 0 Å². The summed E-state index contributed by atoms with van der Waals surface area (Å²) < 4.78 is 10.4. The molecule has 78 valence electrons. The Kier molecular flexibility index (Phi) is 2.41. The van der Waals surface area contributed by atoms with E-state index in [2.05, 4.69) is 9.97 Å². The molecule has 2 rings (SSSR count). The van der Waals surface area contributed by atoms with Crippen LogP contribution in [0.5, 0.6) is 11.5 Å². The van der Waals surface area contributed by atoms with Crippen molar-refractivity contribution in [3.8, 4) is 11.5 Å². The number of fused-ring (bicyclic) bond motifs is 1. The Morgan fingerprint density at radius 2 is 1.87 bits per heavy atom. The van der Waals surface area contributed by atoms with Crippen LogP contribution in [0.4, 0.5) is 0 Å². The van der Waals surface area contributed by atoms with Crippen LogP contribution in [-0.4, -0.2) is 24.2 Å². The van der Waals surface area contributed by atoms with Crippen molar-refractivity contribution in [2.75, 3.05) is 14.2 Å². The molecule has 0 radical (unpaired) electrons. The lowest BCUT2D eigenvalue weighted by atomic mass is 10.1. The van der Waals surface area contributed by atoms with Gasteiger partial charge in [0.1, 0.15) is 23.3 Å². The summed E-state index contributed by atoms with van der Waals surface area (Å²) in [6.45, 7) is 1.93. The number of rotatable bonds is 2. The molecule has 0 N–H and O–H groups in total. The zero-order chi connectivity index (χ0) is 10.8. The van der Waals surface area contributed by atoms with Crippen LogP contribution in [0.2, 0.25) is 0 Å². The van der Waals surface area contributed by atoms with Crippen LogP contribution in [0.1, 0.15) is 5.69 Å². The number of aromatic nitrogens is 2. The number of ether oxygens (including phenoxy) is 2. The summed E-state index contributed by atoms with van der Waals surface area (Å²) in [5, 5.41) is 0.953. The molecule has 0 saturated carbocycles. The molecule has 0 bridgehead atoms. The predicted octanol–water partition coefficient (Wildman–Crippen LogP) is 1.96. The van der Waals surface area contributed by atoms with Crippen LogP contribution in [0.25, 0.3) is 10.9 Å². The number of nitrogens with zero attached hydrogens (tertiary/aromatic N) is 2. The molecule has 0 saturated heterocycles. The summed E-state index contributed by atoms with van der Waals surface area (Å²) in [7, 11) is 3.24. The van der Waals surface area contributed by atoms with Crippen LogP contribution in [0, 0.1) is 6.92 Å². The van der Waals surface area contributed by atoms with Crippen molar-refractivity contribution in [1.29, 1.82) is 0 Å². The molecule has 0 aliphatic rings. The number of methoxy groups -OCH3 is 2. The Labute approximate surface area is 87.9 Å². The topological polar surface area (TPSA) is 44.2 Å². The van der Waals surface area contributed by atoms with E-state index in [1.807, 2.05) is 19.1 Å². The van der Waals surface area contributed by atoms with Crippen LogP contribution < -0.4 is 9.47 Å². The van der Waals surface area contributed by atoms with Gasteiger partial charge in [0.05, 0.1) is 14.2 Å². The monoisotopic (exact) mass is 204 g/mol. The van der Waals surface area contributed by atoms with Gasteiger partial charge in [-0.2, -0.15) is 0 Å². The van der Waals surface area contributed by atoms with E-state index < -0.39 is 0 Å². The minimum absolute atomic E-state index is 0.704. The van der Waals surface area contributed by atoms with Crippen LogP contribution in [0.15, 0.2) is 18.5 Å². The van der Waals surface area contributed by atoms with Gasteiger partial charge < -0.3 is 9.47 Å². The van der Waals surface area contributed by atoms with Gasteiger partial charge in [-0.25, -0.2) is 9.97 Å². The van der Waals surface area contributed by atoms with E-state index in [0.29, 0.717) is 5.75 Å². The first kappa shape index (κ1) is 9.71. The standard InChI is InChI=1S/C11H12N2O2/c1-7-9-4-8(14-2)5-10(15-3)11(9)13-6-12-7/h4-6H,1-3H3. The lowest BCUT2D eigenvalue weighted by molar-refractivity contribution is 0.397. The maximum Gasteiger partial charge on any atom is 0.148 e. The molecule has 1 aromatic heterocycles. The lowest BCUT2D eigenvalue weighted by Gasteiger charge is -2.08. The van der Waals surface area contributed by atoms with E-state index in [-0.39, 0.29) is 0 Å². The van der Waals surface area contributed by atoms with Gasteiger partial charge in [0.25, 0.3) is 0 Å². The molecule has 0 spiro atoms. The highest BCUT2D eigenvalue weighted by atomic mass is 16.5. The summed E-state index contributed by atoms with van der Waals surface area (Å²) in [6, 6.07) is 3.72. The lowest BCUT2D eigenvalue weighted by Crippen LogP contribution is -1.93. The quantitative estimate of drug-likeness (QED) is 0.750. The average Bonchev–Trinajstić information content (AvgIpc) is 2.28. The van der Waals surface area contributed by atoms with Gasteiger partial charge in [-0.3, -0.25) is 0 Å². The summed E-state index contributed by atoms with van der Waals surface area (Å²) in [5.41, 5.74) is 1.73. The van der Waals surface area contributed by atoms with E-state index >= 15 is 0 Å². The Morgan fingerprint density at radius 3 is 2.53 bits per heavy atom. The molecule has 0 unspecified atom stereocenters. The van der Waals surface area contributed by atoms with Gasteiger partial charge in [-0.05, 0) is 13.0 Å². The van der Waals surface area contributed by atoms with E-state index in [4.69, 9.17) is 9.47 Å². The van der Waals surface area contributed by atoms with Crippen molar-refractivity contribution in [3.63, 3.8) is 0 Å². The molecule has 0 aliphatic carbocycles. The minimum atomic E-state index is 0.704. The third-order valence-electron chi connectivity index (χ3n) is 2.33. The van der Waals surface area contributed by atoms with Crippen LogP contribution >= 0.6 is 0 Å². The summed E-state index contributed by atoms with van der Waals surface area (Å²) in [6.07, 6.45) is 1.53. The van der Waals surface area contributed by atoms with E-state index in [1.54, 1.807) is 14.2 Å². The fourth-order valence-corrected chi connectivity index (χ4v) is 1.51. The summed E-state index contributed by atoms with van der Waals surface area (Å²) in [5.74, 6) is 1.45. The van der Waals surface area contributed by atoms with E-state index in [0.717, 1.165) is 22.3 Å². The van der Waals surface area contributed by atoms with Crippen molar-refractivity contribution in [2.24, 2.45) is 0 Å². The fraction of sp³-hybridized carbons (Fsp3) is 0.273. The minimum Gasteiger partial charge on any atom is -0.497 e. The van der Waals surface area contributed by atoms with Crippen molar-refractivity contribution in [3.05, 3.63) is 24.2 Å². The van der Waals surface area contributed by atoms with Gasteiger partial charge in [0, 0.05) is 17.1 Å². The molecule has 0 fully saturated rings. The van der Waals surface area contributed by atoms with E-state index in [1.165, 1.54) is 6.33 Å². The first-order valence-electron chi connectivity index (χ1n) is 4.59. The molecule has 4 nitrogen and oxygen atoms in total. The number of benzene rings is 1. The molecular weight excluding hydrogens is 192 g/mol. The van der Waals surface area contributed by atoms with Crippen molar-refractivity contribution in [2.45, 2.75) is 6.92 Å². The zero-order valence-corrected chi connectivity index (χ0v) is 8.94. The molecule has 0 amide bonds. The molecule has 1 aromatic carbocycles. The van der Waals surface area contributed by atoms with E-state index in [9.17, 15) is 0 Å². The molecular formula is C11H12N2O2. The molecule has 1 heterocycles. The Bertz CT molecular complexity index is 497. The Morgan fingerprint density at radius 1 is 1.07 bits per heavy atom. The molecule has 4 heteroatoms. The summed E-state index contributed by atoms with van der Waals surface area (Å²) in [4.78, 5) is 8.33. The smallest absolute Gasteiger partial charge is 0.148 e. The maximum atomic E-state index is 5.25. The second-order valence-electron chi connectivity index (χ2n) is 3.18. The Hall–Kier alpha value is -1.84. The third-order valence-corrected chi connectivity index (χ3v) is 2.33. The van der Waals surface area contributed by atoms with Gasteiger partial charge >= 0.3 is 0 Å². The van der Waals surface area contributed by atoms with Gasteiger partial charge in [-0.1, -0.05) is 0 Å². The predicted molar refractivity (Wildman–Crippen MR) is 57.4 cm³/mol. The van der Waals surface area contributed by atoms with Crippen LogP contribution in [-0.2, 0) is 0 Å². The number of hydrogen-bond donors (Lipinski definition) is 0. The SMILES string of the molecule is COc1cc(OC)c2ncnc(C)c2c1. The van der Waals surface area contributed by atoms with Crippen molar-refractivity contribution < 1.29 is 9.47 Å². The Balaban J connectivity index is 2.80. The molecule has 15 heavy (non-hydrogen) atoms. The highest BCUT2D eigenvalue weighted by Gasteiger charge is 2.08. The molecule has 0 aliphatic heterocycles. The largest absolute Gasteiger partial charge is 0.497 e. The normalized spacial score (nSPS) is 10.3. The van der Waals surface area contributed by atoms with Crippen molar-refractivity contribution in [1.82, 2.24) is 9.97 Å². The molecule has 2 aromatic rings. The van der Waals surface area contributed by atoms with Gasteiger partial charge in [0.2, 0.25) is 0 Å². The zero-order valence-electron chi connectivity index (χ0n) is 8.94. The van der Waals surface area contributed by atoms with Crippen molar-refractivity contribution >= 4 is 10.9 Å². The number of aryl methyl sites for hydroxylation is 1. The highest BCUT2D eigenvalue weighted by Crippen LogP contribution is 2.30. The maximum absolute atomic E-state index is 5.25. The number of hydrogen-bond acceptors (Lipinski definition) is 4. The second-order valence-corrected chi connectivity index (χ2v) is 3.18. The van der Waals surface area contributed by atoms with Gasteiger partial charge in [0.15, 0.2) is 0 Å². The second kappa shape index (κ2) is 3.73. The highest BCUT2D eigenvalue weighted by molar-refractivity contribution is 5.87. The van der Waals surface area contributed by atoms with Gasteiger partial charge in [-0.15, -0.1) is 0 Å². The fourth-order valence-electron chi connectivity index (χ4n) is 1.51. The average molecular weight is 204 g/mol.